The molecular formula is C26H28FN3O6S. The second-order valence-corrected chi connectivity index (χ2v) is 9.32. The maximum atomic E-state index is 12.5. The number of fused-ring (bicyclic) bond motifs is 1. The maximum absolute atomic E-state index is 12.5. The van der Waals surface area contributed by atoms with Crippen molar-refractivity contribution in [2.75, 3.05) is 25.6 Å². The highest BCUT2D eigenvalue weighted by molar-refractivity contribution is 7.85. The van der Waals surface area contributed by atoms with E-state index < -0.39 is 10.1 Å². The van der Waals surface area contributed by atoms with E-state index in [9.17, 15) is 12.8 Å². The molecule has 0 aliphatic carbocycles. The molecule has 196 valence electrons. The molecule has 0 bridgehead atoms. The highest BCUT2D eigenvalue weighted by Gasteiger charge is 2.08. The average Bonchev–Trinajstić information content (AvgIpc) is 3.30. The Hall–Kier alpha value is -3.93. The Morgan fingerprint density at radius 3 is 2.54 bits per heavy atom. The number of hydrogen-bond donors (Lipinski definition) is 3. The van der Waals surface area contributed by atoms with Crippen LogP contribution in [0, 0.1) is 6.92 Å². The molecule has 4 N–H and O–H groups in total. The van der Waals surface area contributed by atoms with Crippen LogP contribution in [0.1, 0.15) is 11.1 Å². The minimum absolute atomic E-state index is 0.0666. The average molecular weight is 530 g/mol. The minimum Gasteiger partial charge on any atom is -0.497 e. The van der Waals surface area contributed by atoms with Gasteiger partial charge in [0.15, 0.2) is 5.58 Å². The van der Waals surface area contributed by atoms with Gasteiger partial charge in [0, 0.05) is 24.7 Å². The van der Waals surface area contributed by atoms with Crippen molar-refractivity contribution in [3.8, 4) is 11.5 Å². The lowest BCUT2D eigenvalue weighted by Crippen LogP contribution is -2.10. The third-order valence-corrected chi connectivity index (χ3v) is 5.97. The Bertz CT molecular complexity index is 1450. The Morgan fingerprint density at radius 1 is 1.14 bits per heavy atom. The molecule has 0 radical (unpaired) electrons. The molecule has 37 heavy (non-hydrogen) atoms. The van der Waals surface area contributed by atoms with Gasteiger partial charge in [-0.15, -0.1) is 0 Å². The van der Waals surface area contributed by atoms with Crippen LogP contribution in [0.3, 0.4) is 0 Å². The van der Waals surface area contributed by atoms with Crippen LogP contribution in [-0.2, 0) is 16.7 Å². The van der Waals surface area contributed by atoms with E-state index in [0.29, 0.717) is 41.3 Å². The quantitative estimate of drug-likeness (QED) is 0.259. The van der Waals surface area contributed by atoms with Crippen molar-refractivity contribution in [3.63, 3.8) is 0 Å². The normalized spacial score (nSPS) is 11.5. The van der Waals surface area contributed by atoms with Crippen molar-refractivity contribution in [3.05, 3.63) is 89.8 Å². The van der Waals surface area contributed by atoms with E-state index in [1.165, 1.54) is 12.1 Å². The number of rotatable bonds is 9. The molecule has 4 rings (SSSR count). The van der Waals surface area contributed by atoms with Gasteiger partial charge in [0.05, 0.1) is 18.3 Å². The Balaban J connectivity index is 0.000000289. The molecule has 0 spiro atoms. The van der Waals surface area contributed by atoms with Crippen LogP contribution in [0.5, 0.6) is 11.5 Å². The second kappa shape index (κ2) is 12.9. The zero-order valence-electron chi connectivity index (χ0n) is 20.3. The Labute approximate surface area is 214 Å². The zero-order valence-corrected chi connectivity index (χ0v) is 21.2. The number of methoxy groups -OCH3 is 1. The molecule has 11 heteroatoms. The molecule has 1 aromatic heterocycles. The van der Waals surface area contributed by atoms with E-state index in [1.807, 2.05) is 31.2 Å². The standard InChI is InChI=1S/C19H20FN3O3.C7H8O3S/c1-24-15-4-2-3-13(7-15)11-22-19-23-17-6-5-16(8-18(17)26-19)25-12-14(9-20)10-21;1-6-2-4-7(5-3-6)11(8,9)10/h2-9H,10-12,21H2,1H3,(H,22,23);2-5H,1H3,(H,8,9,10)/b14-9+;. The number of nitrogens with two attached hydrogens (primary N) is 1. The number of benzene rings is 3. The van der Waals surface area contributed by atoms with E-state index in [4.69, 9.17) is 24.2 Å². The molecule has 3 aromatic carbocycles. The first-order chi connectivity index (χ1) is 17.7. The van der Waals surface area contributed by atoms with Crippen LogP contribution in [0.15, 0.2) is 87.9 Å². The van der Waals surface area contributed by atoms with Gasteiger partial charge >= 0.3 is 0 Å². The van der Waals surface area contributed by atoms with Crippen LogP contribution < -0.4 is 20.5 Å². The van der Waals surface area contributed by atoms with Crippen molar-refractivity contribution in [2.24, 2.45) is 5.73 Å². The van der Waals surface area contributed by atoms with Crippen LogP contribution >= 0.6 is 0 Å². The molecule has 0 atom stereocenters. The molecule has 9 nitrogen and oxygen atoms in total. The van der Waals surface area contributed by atoms with Gasteiger partial charge in [0.2, 0.25) is 0 Å². The fraction of sp³-hybridized carbons (Fsp3) is 0.192. The van der Waals surface area contributed by atoms with Gasteiger partial charge in [0.25, 0.3) is 16.1 Å². The fourth-order valence-corrected chi connectivity index (χ4v) is 3.53. The van der Waals surface area contributed by atoms with Gasteiger partial charge in [-0.2, -0.15) is 13.4 Å². The van der Waals surface area contributed by atoms with Gasteiger partial charge in [-0.25, -0.2) is 4.39 Å². The van der Waals surface area contributed by atoms with E-state index >= 15 is 0 Å². The number of halogens is 1. The van der Waals surface area contributed by atoms with Gasteiger partial charge < -0.3 is 24.9 Å². The van der Waals surface area contributed by atoms with Gasteiger partial charge in [-0.3, -0.25) is 4.55 Å². The highest BCUT2D eigenvalue weighted by atomic mass is 32.2. The summed E-state index contributed by atoms with van der Waals surface area (Å²) in [6.07, 6.45) is 0.466. The Kier molecular flexibility index (Phi) is 9.61. The van der Waals surface area contributed by atoms with Crippen molar-refractivity contribution in [1.29, 1.82) is 0 Å². The third-order valence-electron chi connectivity index (χ3n) is 5.10. The molecule has 0 aliphatic heterocycles. The van der Waals surface area contributed by atoms with Crippen LogP contribution in [-0.4, -0.2) is 38.2 Å². The maximum Gasteiger partial charge on any atom is 0.295 e. The highest BCUT2D eigenvalue weighted by Crippen LogP contribution is 2.24. The van der Waals surface area contributed by atoms with Gasteiger partial charge in [0.1, 0.15) is 23.6 Å². The number of ether oxygens (including phenoxy) is 2. The van der Waals surface area contributed by atoms with E-state index in [1.54, 1.807) is 37.4 Å². The first kappa shape index (κ1) is 27.7. The summed E-state index contributed by atoms with van der Waals surface area (Å²) >= 11 is 0. The number of oxazole rings is 1. The Morgan fingerprint density at radius 2 is 1.89 bits per heavy atom. The first-order valence-corrected chi connectivity index (χ1v) is 12.6. The molecule has 1 heterocycles. The minimum atomic E-state index is -4.02. The molecular weight excluding hydrogens is 501 g/mol. The lowest BCUT2D eigenvalue weighted by Gasteiger charge is -2.06. The summed E-state index contributed by atoms with van der Waals surface area (Å²) in [5.74, 6) is 1.35. The monoisotopic (exact) mass is 529 g/mol. The van der Waals surface area contributed by atoms with Crippen molar-refractivity contribution < 1.29 is 31.3 Å². The predicted molar refractivity (Wildman–Crippen MR) is 139 cm³/mol. The van der Waals surface area contributed by atoms with E-state index in [2.05, 4.69) is 10.3 Å². The third kappa shape index (κ3) is 8.31. The summed E-state index contributed by atoms with van der Waals surface area (Å²) < 4.78 is 58.5. The molecule has 0 unspecified atom stereocenters. The molecule has 0 amide bonds. The number of hydrogen-bond acceptors (Lipinski definition) is 8. The lowest BCUT2D eigenvalue weighted by atomic mass is 10.2. The van der Waals surface area contributed by atoms with E-state index in [0.717, 1.165) is 16.9 Å². The van der Waals surface area contributed by atoms with Gasteiger partial charge in [-0.1, -0.05) is 29.8 Å². The molecule has 0 aliphatic rings. The number of anilines is 1. The first-order valence-electron chi connectivity index (χ1n) is 11.1. The fourth-order valence-electron chi connectivity index (χ4n) is 3.05. The zero-order chi connectivity index (χ0) is 26.8. The lowest BCUT2D eigenvalue weighted by molar-refractivity contribution is 0.347. The summed E-state index contributed by atoms with van der Waals surface area (Å²) in [6, 6.07) is 19.4. The second-order valence-electron chi connectivity index (χ2n) is 7.90. The van der Waals surface area contributed by atoms with Crippen molar-refractivity contribution in [1.82, 2.24) is 4.98 Å². The van der Waals surface area contributed by atoms with Crippen molar-refractivity contribution in [2.45, 2.75) is 18.4 Å². The number of nitrogens with one attached hydrogen (secondary N) is 1. The molecule has 0 saturated heterocycles. The SMILES string of the molecule is COc1cccc(CNc2nc3ccc(OC/C(=C/F)CN)cc3o2)c1.Cc1ccc(S(=O)(=O)O)cc1. The predicted octanol–water partition coefficient (Wildman–Crippen LogP) is 4.88. The topological polar surface area (TPSA) is 137 Å². The van der Waals surface area contributed by atoms with Crippen LogP contribution in [0.4, 0.5) is 10.4 Å². The van der Waals surface area contributed by atoms with Gasteiger partial charge in [-0.05, 0) is 48.9 Å². The van der Waals surface area contributed by atoms with Crippen molar-refractivity contribution >= 4 is 27.2 Å². The largest absolute Gasteiger partial charge is 0.497 e. The summed E-state index contributed by atoms with van der Waals surface area (Å²) in [5.41, 5.74) is 9.06. The molecule has 0 saturated carbocycles. The summed E-state index contributed by atoms with van der Waals surface area (Å²) in [6.45, 7) is 2.59. The van der Waals surface area contributed by atoms with Crippen LogP contribution in [0.25, 0.3) is 11.1 Å². The number of aryl methyl sites for hydroxylation is 1. The summed E-state index contributed by atoms with van der Waals surface area (Å²) in [7, 11) is -2.39. The molecule has 0 fully saturated rings. The number of nitrogens with zero attached hydrogens (tertiary/aromatic N) is 1. The molecule has 4 aromatic rings. The smallest absolute Gasteiger partial charge is 0.295 e. The number of aromatic nitrogens is 1. The summed E-state index contributed by atoms with van der Waals surface area (Å²) in [4.78, 5) is 4.32. The van der Waals surface area contributed by atoms with E-state index in [-0.39, 0.29) is 18.0 Å². The summed E-state index contributed by atoms with van der Waals surface area (Å²) in [5, 5.41) is 3.14. The van der Waals surface area contributed by atoms with Crippen LogP contribution in [0.2, 0.25) is 0 Å².